The fraction of sp³-hybridized carbons (Fsp3) is 0. The zero-order chi connectivity index (χ0) is 60.5. The maximum absolute atomic E-state index is 9.81. The van der Waals surface area contributed by atoms with Crippen LogP contribution in [0.5, 0.6) is 0 Å². The minimum Gasteiger partial charge on any atom is -0.309 e. The Labute approximate surface area is 524 Å². The number of nitrogens with zero attached hydrogens (tertiary/aromatic N) is 8. The average molecular weight is 1160 g/mol. The predicted molar refractivity (Wildman–Crippen MR) is 370 cm³/mol. The van der Waals surface area contributed by atoms with Gasteiger partial charge in [0.25, 0.3) is 0 Å². The molecule has 0 aliphatic heterocycles. The van der Waals surface area contributed by atoms with Gasteiger partial charge in [0.2, 0.25) is 0 Å². The van der Waals surface area contributed by atoms with E-state index in [9.17, 15) is 10.5 Å². The molecule has 8 nitrogen and oxygen atoms in total. The van der Waals surface area contributed by atoms with E-state index >= 15 is 0 Å². The Hall–Kier alpha value is -12.8. The van der Waals surface area contributed by atoms with Crippen LogP contribution in [0.4, 0.5) is 0 Å². The van der Waals surface area contributed by atoms with Crippen LogP contribution in [0, 0.1) is 22.7 Å². The molecule has 0 saturated heterocycles. The summed E-state index contributed by atoms with van der Waals surface area (Å²) in [5.74, 6) is 1.68. The van der Waals surface area contributed by atoms with Crippen molar-refractivity contribution in [3.63, 3.8) is 0 Å². The van der Waals surface area contributed by atoms with Crippen LogP contribution in [-0.4, -0.2) is 28.7 Å². The van der Waals surface area contributed by atoms with Crippen molar-refractivity contribution in [2.45, 2.75) is 0 Å². The molecule has 4 aromatic heterocycles. The normalized spacial score (nSPS) is 11.5. The van der Waals surface area contributed by atoms with Crippen LogP contribution >= 0.6 is 0 Å². The second-order valence-electron chi connectivity index (χ2n) is 23.0. The van der Waals surface area contributed by atoms with Gasteiger partial charge >= 0.3 is 0 Å². The Morgan fingerprint density at radius 2 is 0.538 bits per heavy atom. The number of aromatic nitrogens is 6. The predicted octanol–water partition coefficient (Wildman–Crippen LogP) is 20.6. The highest BCUT2D eigenvalue weighted by atomic mass is 15.0. The summed E-state index contributed by atoms with van der Waals surface area (Å²) in [4.78, 5) is 16.0. The van der Waals surface area contributed by atoms with Crippen molar-refractivity contribution in [2.24, 2.45) is 0 Å². The lowest BCUT2D eigenvalue weighted by Gasteiger charge is -2.22. The molecule has 17 aromatic rings. The number of rotatable bonds is 10. The van der Waals surface area contributed by atoms with Gasteiger partial charge in [-0.05, 0) is 143 Å². The summed E-state index contributed by atoms with van der Waals surface area (Å²) in [6.45, 7) is 0. The number of para-hydroxylation sites is 4. The lowest BCUT2D eigenvalue weighted by molar-refractivity contribution is 1.07. The third-order valence-corrected chi connectivity index (χ3v) is 17.8. The molecule has 0 N–H and O–H groups in total. The van der Waals surface area contributed by atoms with Crippen molar-refractivity contribution >= 4 is 65.4 Å². The van der Waals surface area contributed by atoms with E-state index in [1.165, 1.54) is 21.5 Å². The quantitative estimate of drug-likeness (QED) is 0.136. The standard InChI is InChI=1S/C83H50N8/c84-51-53-27-31-55(32-28-53)61-39-45-78-72(47-61)73-48-62(56-33-29-54(52-85)30-34-56)40-46-79(73)91(78)80-70(57-35-41-64(42-36-57)89-74-23-11-7-19-66(74)67-20-8-12-24-75(67)89)49-63(83-87-81(59-15-3-1-4-16-59)86-82(88-83)60-17-5-2-6-18-60)50-71(80)58-37-43-65(44-38-58)90-76-25-13-9-21-68(76)69-22-10-14-26-77(69)90/h1-50H. The molecule has 4 heterocycles. The van der Waals surface area contributed by atoms with Crippen LogP contribution in [0.2, 0.25) is 0 Å². The van der Waals surface area contributed by atoms with Gasteiger partial charge in [-0.15, -0.1) is 0 Å². The fourth-order valence-electron chi connectivity index (χ4n) is 13.5. The van der Waals surface area contributed by atoms with E-state index in [4.69, 9.17) is 15.0 Å². The Kier molecular flexibility index (Phi) is 12.5. The van der Waals surface area contributed by atoms with Gasteiger partial charge < -0.3 is 13.7 Å². The Bertz CT molecular complexity index is 5350. The average Bonchev–Trinajstić information content (AvgIpc) is 1.66. The minimum absolute atomic E-state index is 0.534. The second-order valence-corrected chi connectivity index (χ2v) is 23.0. The zero-order valence-corrected chi connectivity index (χ0v) is 48.9. The summed E-state index contributed by atoms with van der Waals surface area (Å²) < 4.78 is 7.17. The summed E-state index contributed by atoms with van der Waals surface area (Å²) >= 11 is 0. The van der Waals surface area contributed by atoms with Crippen molar-refractivity contribution < 1.29 is 0 Å². The first kappa shape index (κ1) is 52.6. The van der Waals surface area contributed by atoms with Gasteiger partial charge in [0, 0.05) is 71.5 Å². The van der Waals surface area contributed by atoms with E-state index in [2.05, 4.69) is 220 Å². The number of benzene rings is 13. The summed E-state index contributed by atoms with van der Waals surface area (Å²) in [6.07, 6.45) is 0. The van der Waals surface area contributed by atoms with Crippen LogP contribution in [0.1, 0.15) is 11.1 Å². The molecule has 8 heteroatoms. The van der Waals surface area contributed by atoms with Crippen LogP contribution in [-0.2, 0) is 0 Å². The van der Waals surface area contributed by atoms with Crippen LogP contribution < -0.4 is 0 Å². The summed E-state index contributed by atoms with van der Waals surface area (Å²) in [6, 6.07) is 111. The van der Waals surface area contributed by atoms with E-state index in [0.29, 0.717) is 28.6 Å². The highest BCUT2D eigenvalue weighted by Crippen LogP contribution is 2.46. The molecule has 0 amide bonds. The van der Waals surface area contributed by atoms with Gasteiger partial charge in [0.1, 0.15) is 0 Å². The van der Waals surface area contributed by atoms with Gasteiger partial charge in [0.05, 0.1) is 62.1 Å². The topological polar surface area (TPSA) is 101 Å². The van der Waals surface area contributed by atoms with Crippen molar-refractivity contribution in [3.8, 4) is 108 Å². The molecular formula is C83H50N8. The van der Waals surface area contributed by atoms with E-state index in [1.54, 1.807) is 0 Å². The number of hydrogen-bond donors (Lipinski definition) is 0. The second kappa shape index (κ2) is 21.6. The summed E-state index contributed by atoms with van der Waals surface area (Å²) in [5.41, 5.74) is 21.3. The monoisotopic (exact) mass is 1160 g/mol. The molecule has 0 aliphatic rings. The number of hydrogen-bond acceptors (Lipinski definition) is 5. The van der Waals surface area contributed by atoms with Crippen molar-refractivity contribution in [2.75, 3.05) is 0 Å². The molecule has 13 aromatic carbocycles. The zero-order valence-electron chi connectivity index (χ0n) is 48.9. The smallest absolute Gasteiger partial charge is 0.164 e. The van der Waals surface area contributed by atoms with E-state index in [0.717, 1.165) is 122 Å². The molecular weight excluding hydrogens is 1110 g/mol. The van der Waals surface area contributed by atoms with Gasteiger partial charge in [-0.25, -0.2) is 15.0 Å². The lowest BCUT2D eigenvalue weighted by atomic mass is 9.92. The van der Waals surface area contributed by atoms with Gasteiger partial charge in [0.15, 0.2) is 17.5 Å². The van der Waals surface area contributed by atoms with E-state index in [-0.39, 0.29) is 0 Å². The molecule has 0 radical (unpaired) electrons. The summed E-state index contributed by atoms with van der Waals surface area (Å²) in [7, 11) is 0. The highest BCUT2D eigenvalue weighted by Gasteiger charge is 2.25. The molecule has 0 aliphatic carbocycles. The molecule has 0 unspecified atom stereocenters. The Morgan fingerprint density at radius 1 is 0.231 bits per heavy atom. The van der Waals surface area contributed by atoms with Crippen molar-refractivity contribution in [3.05, 3.63) is 314 Å². The number of nitriles is 2. The molecule has 17 rings (SSSR count). The van der Waals surface area contributed by atoms with Crippen molar-refractivity contribution in [1.29, 1.82) is 10.5 Å². The van der Waals surface area contributed by atoms with Crippen LogP contribution in [0.25, 0.3) is 161 Å². The molecule has 0 fully saturated rings. The Balaban J connectivity index is 0.972. The highest BCUT2D eigenvalue weighted by molar-refractivity contribution is 6.14. The third-order valence-electron chi connectivity index (χ3n) is 17.8. The molecule has 0 bridgehead atoms. The first-order valence-corrected chi connectivity index (χ1v) is 30.3. The van der Waals surface area contributed by atoms with Crippen LogP contribution in [0.15, 0.2) is 303 Å². The largest absolute Gasteiger partial charge is 0.309 e. The SMILES string of the molecule is N#Cc1ccc(-c2ccc3c(c2)c2cc(-c4ccc(C#N)cc4)ccc2n3-c2c(-c3ccc(-n4c5ccccc5c5ccccc54)cc3)cc(-c3nc(-c4ccccc4)nc(-c4ccccc4)n3)cc2-c2ccc(-n3c4ccccc4c4ccccc43)cc2)cc1. The molecule has 0 saturated carbocycles. The maximum atomic E-state index is 9.81. The van der Waals surface area contributed by atoms with E-state index < -0.39 is 0 Å². The van der Waals surface area contributed by atoms with Gasteiger partial charge in [-0.1, -0.05) is 194 Å². The van der Waals surface area contributed by atoms with Gasteiger partial charge in [-0.3, -0.25) is 0 Å². The fourth-order valence-corrected chi connectivity index (χ4v) is 13.5. The minimum atomic E-state index is 0.534. The molecule has 0 spiro atoms. The summed E-state index contributed by atoms with van der Waals surface area (Å²) in [5, 5.41) is 26.5. The van der Waals surface area contributed by atoms with Gasteiger partial charge in [-0.2, -0.15) is 10.5 Å². The first-order valence-electron chi connectivity index (χ1n) is 30.3. The van der Waals surface area contributed by atoms with Crippen molar-refractivity contribution in [1.82, 2.24) is 28.7 Å². The Morgan fingerprint density at radius 3 is 0.901 bits per heavy atom. The number of fused-ring (bicyclic) bond motifs is 9. The molecule has 0 atom stereocenters. The van der Waals surface area contributed by atoms with E-state index in [1.807, 2.05) is 109 Å². The third kappa shape index (κ3) is 8.94. The van der Waals surface area contributed by atoms with Crippen LogP contribution in [0.3, 0.4) is 0 Å². The maximum Gasteiger partial charge on any atom is 0.164 e. The lowest BCUT2D eigenvalue weighted by Crippen LogP contribution is -2.04. The molecule has 422 valence electrons. The first-order chi connectivity index (χ1) is 45.0. The molecule has 91 heavy (non-hydrogen) atoms.